The summed E-state index contributed by atoms with van der Waals surface area (Å²) in [6, 6.07) is 10.9. The molecule has 2 aromatic rings. The number of aromatic hydroxyl groups is 1. The van der Waals surface area contributed by atoms with Crippen LogP contribution in [0.2, 0.25) is 0 Å². The van der Waals surface area contributed by atoms with E-state index in [2.05, 4.69) is 15.5 Å². The largest absolute Gasteiger partial charge is 0.508 e. The van der Waals surface area contributed by atoms with Gasteiger partial charge in [-0.3, -0.25) is 0 Å². The highest BCUT2D eigenvalue weighted by Gasteiger charge is 2.46. The Bertz CT molecular complexity index is 845. The molecule has 1 amide bonds. The maximum absolute atomic E-state index is 12.4. The highest BCUT2D eigenvalue weighted by Crippen LogP contribution is 2.38. The molecule has 2 N–H and O–H groups in total. The molecular formula is C21H26N4O3. The van der Waals surface area contributed by atoms with Gasteiger partial charge in [-0.1, -0.05) is 0 Å². The van der Waals surface area contributed by atoms with Gasteiger partial charge < -0.3 is 20.1 Å². The predicted molar refractivity (Wildman–Crippen MR) is 105 cm³/mol. The zero-order valence-electron chi connectivity index (χ0n) is 16.4. The molecule has 28 heavy (non-hydrogen) atoms. The Morgan fingerprint density at radius 1 is 1.14 bits per heavy atom. The van der Waals surface area contributed by atoms with E-state index in [1.807, 2.05) is 49.9 Å². The van der Waals surface area contributed by atoms with E-state index in [4.69, 9.17) is 4.74 Å². The summed E-state index contributed by atoms with van der Waals surface area (Å²) in [5, 5.41) is 21.8. The van der Waals surface area contributed by atoms with Crippen molar-refractivity contribution in [2.24, 2.45) is 11.8 Å². The maximum Gasteiger partial charge on any atom is 0.410 e. The lowest BCUT2D eigenvalue weighted by Crippen LogP contribution is -2.37. The molecule has 3 atom stereocenters. The van der Waals surface area contributed by atoms with Crippen LogP contribution in [0.1, 0.15) is 32.5 Å². The van der Waals surface area contributed by atoms with Gasteiger partial charge in [0.05, 0.1) is 17.4 Å². The molecule has 7 heteroatoms. The fourth-order valence-corrected chi connectivity index (χ4v) is 4.01. The first-order chi connectivity index (χ1) is 13.3. The summed E-state index contributed by atoms with van der Waals surface area (Å²) in [4.78, 5) is 14.2. The minimum Gasteiger partial charge on any atom is -0.508 e. The van der Waals surface area contributed by atoms with Crippen LogP contribution in [0.4, 0.5) is 4.79 Å². The van der Waals surface area contributed by atoms with Crippen molar-refractivity contribution in [3.63, 3.8) is 0 Å². The molecule has 4 rings (SSSR count). The van der Waals surface area contributed by atoms with Gasteiger partial charge in [0.2, 0.25) is 0 Å². The molecule has 2 aliphatic heterocycles. The van der Waals surface area contributed by atoms with Gasteiger partial charge in [0.1, 0.15) is 11.4 Å². The minimum absolute atomic E-state index is 0.0822. The van der Waals surface area contributed by atoms with Crippen LogP contribution in [0.15, 0.2) is 36.4 Å². The quantitative estimate of drug-likeness (QED) is 0.830. The van der Waals surface area contributed by atoms with Crippen LogP contribution in [0.5, 0.6) is 5.75 Å². The Hall–Kier alpha value is -2.67. The molecule has 0 radical (unpaired) electrons. The van der Waals surface area contributed by atoms with E-state index in [-0.39, 0.29) is 17.9 Å². The van der Waals surface area contributed by atoms with E-state index in [0.29, 0.717) is 24.9 Å². The van der Waals surface area contributed by atoms with E-state index >= 15 is 0 Å². The van der Waals surface area contributed by atoms with Gasteiger partial charge >= 0.3 is 6.09 Å². The second-order valence-corrected chi connectivity index (χ2v) is 8.59. The van der Waals surface area contributed by atoms with Crippen molar-refractivity contribution < 1.29 is 14.6 Å². The smallest absolute Gasteiger partial charge is 0.410 e. The van der Waals surface area contributed by atoms with Crippen LogP contribution in [-0.4, -0.2) is 51.5 Å². The number of nitrogens with one attached hydrogen (secondary N) is 1. The number of aromatic nitrogens is 2. The second kappa shape index (κ2) is 7.05. The summed E-state index contributed by atoms with van der Waals surface area (Å²) < 4.78 is 5.52. The molecule has 0 bridgehead atoms. The van der Waals surface area contributed by atoms with Gasteiger partial charge in [-0.15, -0.1) is 0 Å². The second-order valence-electron chi connectivity index (χ2n) is 8.59. The van der Waals surface area contributed by atoms with E-state index in [9.17, 15) is 9.90 Å². The van der Waals surface area contributed by atoms with Crippen LogP contribution in [0.25, 0.3) is 11.3 Å². The van der Waals surface area contributed by atoms with Gasteiger partial charge in [0.15, 0.2) is 0 Å². The number of amides is 1. The van der Waals surface area contributed by atoms with E-state index in [1.54, 1.807) is 12.1 Å². The number of fused-ring (bicyclic) bond motifs is 1. The van der Waals surface area contributed by atoms with E-state index < -0.39 is 5.60 Å². The normalized spacial score (nSPS) is 24.2. The van der Waals surface area contributed by atoms with Crippen LogP contribution in [0, 0.1) is 11.8 Å². The average molecular weight is 382 g/mol. The fraction of sp³-hybridized carbons (Fsp3) is 0.476. The highest BCUT2D eigenvalue weighted by atomic mass is 16.6. The molecule has 2 fully saturated rings. The number of carbonyl (C=O) groups is 1. The lowest BCUT2D eigenvalue weighted by molar-refractivity contribution is 0.0278. The zero-order chi connectivity index (χ0) is 19.9. The molecule has 2 aliphatic rings. The third kappa shape index (κ3) is 3.80. The van der Waals surface area contributed by atoms with Gasteiger partial charge in [-0.25, -0.2) is 4.79 Å². The van der Waals surface area contributed by atoms with Gasteiger partial charge in [-0.05, 0) is 63.1 Å². The van der Waals surface area contributed by atoms with E-state index in [0.717, 1.165) is 23.5 Å². The Morgan fingerprint density at radius 2 is 1.89 bits per heavy atom. The summed E-state index contributed by atoms with van der Waals surface area (Å²) in [5.74, 6) is 0.933. The average Bonchev–Trinajstić information content (AvgIpc) is 3.22. The van der Waals surface area contributed by atoms with Crippen molar-refractivity contribution in [2.45, 2.75) is 32.4 Å². The van der Waals surface area contributed by atoms with Crippen LogP contribution in [0.3, 0.4) is 0 Å². The van der Waals surface area contributed by atoms with Gasteiger partial charge in [-0.2, -0.15) is 10.2 Å². The number of benzene rings is 1. The summed E-state index contributed by atoms with van der Waals surface area (Å²) in [6.45, 7) is 7.89. The topological polar surface area (TPSA) is 87.6 Å². The van der Waals surface area contributed by atoms with Crippen molar-refractivity contribution in [3.8, 4) is 17.0 Å². The maximum atomic E-state index is 12.4. The summed E-state index contributed by atoms with van der Waals surface area (Å²) in [5.41, 5.74) is 2.08. The molecule has 1 aromatic carbocycles. The molecule has 3 unspecified atom stereocenters. The molecule has 0 aliphatic carbocycles. The first-order valence-corrected chi connectivity index (χ1v) is 9.64. The number of carbonyl (C=O) groups excluding carboxylic acids is 1. The summed E-state index contributed by atoms with van der Waals surface area (Å²) >= 11 is 0. The van der Waals surface area contributed by atoms with Crippen LogP contribution >= 0.6 is 0 Å². The minimum atomic E-state index is -0.484. The monoisotopic (exact) mass is 382 g/mol. The number of nitrogens with zero attached hydrogens (tertiary/aromatic N) is 3. The number of rotatable bonds is 2. The van der Waals surface area contributed by atoms with Crippen molar-refractivity contribution in [2.75, 3.05) is 19.6 Å². The van der Waals surface area contributed by atoms with Crippen molar-refractivity contribution >= 4 is 6.09 Å². The first kappa shape index (κ1) is 18.7. The van der Waals surface area contributed by atoms with Gasteiger partial charge in [0.25, 0.3) is 0 Å². The molecule has 1 aromatic heterocycles. The Labute approximate surface area is 164 Å². The third-order valence-electron chi connectivity index (χ3n) is 5.34. The third-order valence-corrected chi connectivity index (χ3v) is 5.34. The summed E-state index contributed by atoms with van der Waals surface area (Å²) in [6.07, 6.45) is -0.241. The summed E-state index contributed by atoms with van der Waals surface area (Å²) in [7, 11) is 0. The molecule has 7 nitrogen and oxygen atoms in total. The number of hydrogen-bond donors (Lipinski definition) is 2. The lowest BCUT2D eigenvalue weighted by atomic mass is 9.92. The number of phenolic OH excluding ortho intramolecular Hbond substituents is 1. The fourth-order valence-electron chi connectivity index (χ4n) is 4.01. The molecule has 148 valence electrons. The standard InChI is InChI=1S/C21H26N4O3/c1-21(2,3)28-20(27)25-11-14-10-22-19(16(14)12-25)18-9-8-17(23-24-18)13-4-6-15(26)7-5-13/h4-9,14,16,19,22,26H,10-12H2,1-3H3. The molecule has 0 saturated carbocycles. The first-order valence-electron chi connectivity index (χ1n) is 9.64. The molecule has 0 spiro atoms. The van der Waals surface area contributed by atoms with Crippen molar-refractivity contribution in [1.82, 2.24) is 20.4 Å². The van der Waals surface area contributed by atoms with Crippen LogP contribution in [-0.2, 0) is 4.74 Å². The molecular weight excluding hydrogens is 356 g/mol. The van der Waals surface area contributed by atoms with Crippen LogP contribution < -0.4 is 5.32 Å². The SMILES string of the molecule is CC(C)(C)OC(=O)N1CC2CNC(c3ccc(-c4ccc(O)cc4)nn3)C2C1. The zero-order valence-corrected chi connectivity index (χ0v) is 16.4. The molecule has 3 heterocycles. The predicted octanol–water partition coefficient (Wildman–Crippen LogP) is 2.98. The number of phenols is 1. The lowest BCUT2D eigenvalue weighted by Gasteiger charge is -2.25. The Morgan fingerprint density at radius 3 is 2.54 bits per heavy atom. The van der Waals surface area contributed by atoms with Gasteiger partial charge in [0, 0.05) is 31.1 Å². The molecule has 2 saturated heterocycles. The number of likely N-dealkylation sites (tertiary alicyclic amines) is 1. The highest BCUT2D eigenvalue weighted by molar-refractivity contribution is 5.68. The number of ether oxygens (including phenoxy) is 1. The van der Waals surface area contributed by atoms with Crippen molar-refractivity contribution in [1.29, 1.82) is 0 Å². The van der Waals surface area contributed by atoms with Crippen molar-refractivity contribution in [3.05, 3.63) is 42.1 Å². The Balaban J connectivity index is 1.45. The van der Waals surface area contributed by atoms with E-state index in [1.165, 1.54) is 0 Å². The number of hydrogen-bond acceptors (Lipinski definition) is 6. The Kier molecular flexibility index (Phi) is 4.71.